The third-order valence-corrected chi connectivity index (χ3v) is 4.29. The van der Waals surface area contributed by atoms with Gasteiger partial charge in [0.1, 0.15) is 21.7 Å². The van der Waals surface area contributed by atoms with Crippen LogP contribution in [0.15, 0.2) is 18.2 Å². The molecular weight excluding hydrogens is 300 g/mol. The van der Waals surface area contributed by atoms with Crippen LogP contribution in [0.5, 0.6) is 5.75 Å². The van der Waals surface area contributed by atoms with Crippen LogP contribution < -0.4 is 4.74 Å². The molecule has 0 unspecified atom stereocenters. The second-order valence-corrected chi connectivity index (χ2v) is 5.76. The zero-order valence-corrected chi connectivity index (χ0v) is 13.2. The van der Waals surface area contributed by atoms with Gasteiger partial charge in [-0.15, -0.1) is 11.3 Å². The lowest BCUT2D eigenvalue weighted by Crippen LogP contribution is -1.98. The molecule has 0 saturated heterocycles. The van der Waals surface area contributed by atoms with Gasteiger partial charge in [-0.25, -0.2) is 9.78 Å². The van der Waals surface area contributed by atoms with Crippen molar-refractivity contribution in [2.24, 2.45) is 0 Å². The highest BCUT2D eigenvalue weighted by Crippen LogP contribution is 2.31. The minimum Gasteiger partial charge on any atom is -0.492 e. The van der Waals surface area contributed by atoms with Crippen molar-refractivity contribution in [3.8, 4) is 22.4 Å². The Balaban J connectivity index is 2.31. The summed E-state index contributed by atoms with van der Waals surface area (Å²) in [5, 5.41) is 18.9. The Bertz CT molecular complexity index is 731. The summed E-state index contributed by atoms with van der Waals surface area (Å²) in [4.78, 5) is 15.6. The number of aromatic nitrogens is 1. The van der Waals surface area contributed by atoms with E-state index in [1.54, 1.807) is 25.1 Å². The van der Waals surface area contributed by atoms with E-state index in [9.17, 15) is 10.1 Å². The molecule has 5 nitrogen and oxygen atoms in total. The topological polar surface area (TPSA) is 83.2 Å². The van der Waals surface area contributed by atoms with Crippen LogP contribution in [0, 0.1) is 18.3 Å². The number of hydrogen-bond acceptors (Lipinski definition) is 5. The molecule has 2 aromatic rings. The van der Waals surface area contributed by atoms with Crippen LogP contribution in [0.25, 0.3) is 10.6 Å². The Labute approximate surface area is 132 Å². The summed E-state index contributed by atoms with van der Waals surface area (Å²) in [6.45, 7) is 4.31. The van der Waals surface area contributed by atoms with Crippen LogP contribution in [-0.2, 0) is 0 Å². The number of carboxylic acid groups (broad SMARTS) is 1. The molecule has 2 rings (SSSR count). The summed E-state index contributed by atoms with van der Waals surface area (Å²) >= 11 is 1.11. The normalized spacial score (nSPS) is 10.2. The second kappa shape index (κ2) is 7.05. The molecule has 1 N–H and O–H groups in total. The third kappa shape index (κ3) is 3.43. The highest BCUT2D eigenvalue weighted by molar-refractivity contribution is 7.17. The molecule has 0 atom stereocenters. The molecule has 1 aromatic carbocycles. The van der Waals surface area contributed by atoms with Gasteiger partial charge in [-0.05, 0) is 31.5 Å². The Hall–Kier alpha value is -2.39. The van der Waals surface area contributed by atoms with E-state index in [-0.39, 0.29) is 4.88 Å². The van der Waals surface area contributed by atoms with Crippen LogP contribution in [-0.4, -0.2) is 22.7 Å². The van der Waals surface area contributed by atoms with Gasteiger partial charge in [0.05, 0.1) is 17.9 Å². The fourth-order valence-corrected chi connectivity index (χ4v) is 2.82. The van der Waals surface area contributed by atoms with Crippen molar-refractivity contribution in [3.05, 3.63) is 34.3 Å². The van der Waals surface area contributed by atoms with E-state index >= 15 is 0 Å². The summed E-state index contributed by atoms with van der Waals surface area (Å²) in [6.07, 6.45) is 1.95. The lowest BCUT2D eigenvalue weighted by molar-refractivity contribution is 0.0701. The molecule has 22 heavy (non-hydrogen) atoms. The van der Waals surface area contributed by atoms with E-state index in [4.69, 9.17) is 9.84 Å². The fourth-order valence-electron chi connectivity index (χ4n) is 1.92. The smallest absolute Gasteiger partial charge is 0.347 e. The second-order valence-electron chi connectivity index (χ2n) is 4.76. The summed E-state index contributed by atoms with van der Waals surface area (Å²) in [7, 11) is 0. The zero-order chi connectivity index (χ0) is 16.1. The number of aromatic carboxylic acids is 1. The number of unbranched alkanes of at least 4 members (excludes halogenated alkanes) is 1. The quantitative estimate of drug-likeness (QED) is 0.818. The Morgan fingerprint density at radius 1 is 1.50 bits per heavy atom. The first-order valence-corrected chi connectivity index (χ1v) is 7.76. The minimum absolute atomic E-state index is 0.219. The van der Waals surface area contributed by atoms with Crippen molar-refractivity contribution in [1.82, 2.24) is 4.98 Å². The van der Waals surface area contributed by atoms with Crippen molar-refractivity contribution < 1.29 is 14.6 Å². The van der Waals surface area contributed by atoms with Gasteiger partial charge in [-0.3, -0.25) is 0 Å². The summed E-state index contributed by atoms with van der Waals surface area (Å²) < 4.78 is 5.59. The fraction of sp³-hybridized carbons (Fsp3) is 0.312. The predicted molar refractivity (Wildman–Crippen MR) is 84.4 cm³/mol. The van der Waals surface area contributed by atoms with Crippen LogP contribution in [0.4, 0.5) is 0 Å². The molecule has 0 radical (unpaired) electrons. The van der Waals surface area contributed by atoms with Crippen LogP contribution in [0.2, 0.25) is 0 Å². The molecule has 0 bridgehead atoms. The standard InChI is InChI=1S/C16H16N2O3S/c1-3-4-7-21-13-6-5-11(8-12(13)9-17)15-18-10(2)14(22-15)16(19)20/h5-6,8H,3-4,7H2,1-2H3,(H,19,20). The summed E-state index contributed by atoms with van der Waals surface area (Å²) in [5.74, 6) is -0.437. The van der Waals surface area contributed by atoms with Crippen LogP contribution in [0.3, 0.4) is 0 Å². The molecular formula is C16H16N2O3S. The maximum atomic E-state index is 11.1. The molecule has 6 heteroatoms. The average Bonchev–Trinajstić information content (AvgIpc) is 2.90. The van der Waals surface area contributed by atoms with Crippen molar-refractivity contribution in [1.29, 1.82) is 5.26 Å². The van der Waals surface area contributed by atoms with E-state index in [1.165, 1.54) is 0 Å². The van der Waals surface area contributed by atoms with Gasteiger partial charge in [0, 0.05) is 5.56 Å². The molecule has 0 aliphatic heterocycles. The van der Waals surface area contributed by atoms with Crippen LogP contribution >= 0.6 is 11.3 Å². The summed E-state index contributed by atoms with van der Waals surface area (Å²) in [6, 6.07) is 7.33. The lowest BCUT2D eigenvalue weighted by atomic mass is 10.1. The number of nitrogens with zero attached hydrogens (tertiary/aromatic N) is 2. The number of nitriles is 1. The maximum Gasteiger partial charge on any atom is 0.347 e. The number of rotatable bonds is 6. The number of benzene rings is 1. The van der Waals surface area contributed by atoms with Crippen molar-refractivity contribution >= 4 is 17.3 Å². The molecule has 114 valence electrons. The third-order valence-electron chi connectivity index (χ3n) is 3.09. The van der Waals surface area contributed by atoms with Gasteiger partial charge in [-0.1, -0.05) is 13.3 Å². The average molecular weight is 316 g/mol. The van der Waals surface area contributed by atoms with Gasteiger partial charge in [0.25, 0.3) is 0 Å². The monoisotopic (exact) mass is 316 g/mol. The highest BCUT2D eigenvalue weighted by atomic mass is 32.1. The molecule has 1 heterocycles. The van der Waals surface area contributed by atoms with E-state index in [0.717, 1.165) is 29.7 Å². The van der Waals surface area contributed by atoms with Crippen molar-refractivity contribution in [3.63, 3.8) is 0 Å². The zero-order valence-electron chi connectivity index (χ0n) is 12.4. The molecule has 0 aliphatic rings. The number of carboxylic acids is 1. The maximum absolute atomic E-state index is 11.1. The number of ether oxygens (including phenoxy) is 1. The lowest BCUT2D eigenvalue weighted by Gasteiger charge is -2.08. The Morgan fingerprint density at radius 3 is 2.86 bits per heavy atom. The first-order chi connectivity index (χ1) is 10.6. The minimum atomic E-state index is -0.985. The molecule has 0 spiro atoms. The van der Waals surface area contributed by atoms with E-state index < -0.39 is 5.97 Å². The Morgan fingerprint density at radius 2 is 2.27 bits per heavy atom. The predicted octanol–water partition coefficient (Wildman–Crippen LogP) is 3.87. The first-order valence-electron chi connectivity index (χ1n) is 6.94. The van der Waals surface area contributed by atoms with E-state index in [2.05, 4.69) is 18.0 Å². The molecule has 0 aliphatic carbocycles. The molecule has 0 fully saturated rings. The van der Waals surface area contributed by atoms with Crippen LogP contribution in [0.1, 0.15) is 40.7 Å². The Kier molecular flexibility index (Phi) is 5.12. The number of thiazole rings is 1. The first kappa shape index (κ1) is 16.0. The van der Waals surface area contributed by atoms with Gasteiger partial charge < -0.3 is 9.84 Å². The highest BCUT2D eigenvalue weighted by Gasteiger charge is 2.16. The number of aryl methyl sites for hydroxylation is 1. The number of hydrogen-bond donors (Lipinski definition) is 1. The van der Waals surface area contributed by atoms with Gasteiger partial charge in [-0.2, -0.15) is 5.26 Å². The van der Waals surface area contributed by atoms with Gasteiger partial charge in [0.15, 0.2) is 0 Å². The van der Waals surface area contributed by atoms with Crippen molar-refractivity contribution in [2.75, 3.05) is 6.61 Å². The summed E-state index contributed by atoms with van der Waals surface area (Å²) in [5.41, 5.74) is 1.63. The van der Waals surface area contributed by atoms with E-state index in [1.807, 2.05) is 0 Å². The molecule has 0 saturated carbocycles. The largest absolute Gasteiger partial charge is 0.492 e. The van der Waals surface area contributed by atoms with Gasteiger partial charge >= 0.3 is 5.97 Å². The molecule has 0 amide bonds. The SMILES string of the molecule is CCCCOc1ccc(-c2nc(C)c(C(=O)O)s2)cc1C#N. The van der Waals surface area contributed by atoms with E-state index in [0.29, 0.717) is 28.6 Å². The van der Waals surface area contributed by atoms with Gasteiger partial charge in [0.2, 0.25) is 0 Å². The van der Waals surface area contributed by atoms with Crippen molar-refractivity contribution in [2.45, 2.75) is 26.7 Å². The number of carbonyl (C=O) groups is 1. The molecule has 1 aromatic heterocycles.